The Morgan fingerprint density at radius 1 is 1.06 bits per heavy atom. The van der Waals surface area contributed by atoms with Crippen LogP contribution in [0.2, 0.25) is 0 Å². The van der Waals surface area contributed by atoms with Crippen molar-refractivity contribution in [2.45, 2.75) is 53.1 Å². The second kappa shape index (κ2) is 6.67. The van der Waals surface area contributed by atoms with Crippen molar-refractivity contribution in [3.05, 3.63) is 34.9 Å². The molecule has 0 unspecified atom stereocenters. The lowest BCUT2D eigenvalue weighted by molar-refractivity contribution is -0.137. The molecule has 0 bridgehead atoms. The van der Waals surface area contributed by atoms with E-state index < -0.39 is 11.7 Å². The van der Waals surface area contributed by atoms with Gasteiger partial charge in [0.2, 0.25) is 0 Å². The Balaban J connectivity index is 0.00000121. The fourth-order valence-corrected chi connectivity index (χ4v) is 1.42. The summed E-state index contributed by atoms with van der Waals surface area (Å²) >= 11 is 0. The van der Waals surface area contributed by atoms with Crippen LogP contribution in [0.25, 0.3) is 0 Å². The summed E-state index contributed by atoms with van der Waals surface area (Å²) in [5.41, 5.74) is 0.959. The van der Waals surface area contributed by atoms with Crippen molar-refractivity contribution in [1.82, 2.24) is 0 Å². The van der Waals surface area contributed by atoms with Crippen molar-refractivity contribution in [2.24, 2.45) is 0 Å². The number of hydrogen-bond donors (Lipinski definition) is 0. The Bertz CT molecular complexity index is 338. The van der Waals surface area contributed by atoms with Gasteiger partial charge in [0.1, 0.15) is 0 Å². The molecular formula is C14H21F3. The highest BCUT2D eigenvalue weighted by atomic mass is 19.4. The van der Waals surface area contributed by atoms with Crippen molar-refractivity contribution in [3.63, 3.8) is 0 Å². The lowest BCUT2D eigenvalue weighted by Gasteiger charge is -2.13. The summed E-state index contributed by atoms with van der Waals surface area (Å²) in [5.74, 6) is 0.123. The van der Waals surface area contributed by atoms with Crippen LogP contribution in [0.15, 0.2) is 18.2 Å². The van der Waals surface area contributed by atoms with Crippen LogP contribution in [0.5, 0.6) is 0 Å². The van der Waals surface area contributed by atoms with E-state index in [2.05, 4.69) is 0 Å². The van der Waals surface area contributed by atoms with Crippen molar-refractivity contribution in [1.29, 1.82) is 0 Å². The maximum absolute atomic E-state index is 12.5. The van der Waals surface area contributed by atoms with Crippen LogP contribution in [0.3, 0.4) is 0 Å². The fourth-order valence-electron chi connectivity index (χ4n) is 1.42. The average Bonchev–Trinajstić information content (AvgIpc) is 2.29. The molecule has 0 aliphatic carbocycles. The summed E-state index contributed by atoms with van der Waals surface area (Å²) in [4.78, 5) is 0. The number of hydrogen-bond acceptors (Lipinski definition) is 0. The molecule has 0 nitrogen and oxygen atoms in total. The van der Waals surface area contributed by atoms with Gasteiger partial charge in [0, 0.05) is 0 Å². The SMILES string of the molecule is CC.CCc1cc(C(C)C)cc(C(F)(F)F)c1. The Labute approximate surface area is 102 Å². The summed E-state index contributed by atoms with van der Waals surface area (Å²) in [6.45, 7) is 9.66. The zero-order valence-corrected chi connectivity index (χ0v) is 11.2. The predicted molar refractivity (Wildman–Crippen MR) is 66.3 cm³/mol. The van der Waals surface area contributed by atoms with E-state index in [9.17, 15) is 13.2 Å². The molecule has 0 saturated heterocycles. The topological polar surface area (TPSA) is 0 Å². The third kappa shape index (κ3) is 4.80. The van der Waals surface area contributed by atoms with E-state index in [0.29, 0.717) is 6.42 Å². The Morgan fingerprint density at radius 2 is 1.59 bits per heavy atom. The first-order valence-electron chi connectivity index (χ1n) is 6.05. The molecular weight excluding hydrogens is 225 g/mol. The van der Waals surface area contributed by atoms with Crippen LogP contribution in [0.4, 0.5) is 13.2 Å². The number of rotatable bonds is 2. The molecule has 1 aromatic carbocycles. The van der Waals surface area contributed by atoms with Crippen molar-refractivity contribution >= 4 is 0 Å². The highest BCUT2D eigenvalue weighted by molar-refractivity contribution is 5.33. The van der Waals surface area contributed by atoms with E-state index in [0.717, 1.165) is 11.1 Å². The van der Waals surface area contributed by atoms with Crippen LogP contribution in [0.1, 0.15) is 57.2 Å². The van der Waals surface area contributed by atoms with Gasteiger partial charge < -0.3 is 0 Å². The van der Waals surface area contributed by atoms with Gasteiger partial charge in [-0.05, 0) is 35.6 Å². The van der Waals surface area contributed by atoms with Crippen LogP contribution in [-0.2, 0) is 12.6 Å². The second-order valence-corrected chi connectivity index (χ2v) is 3.97. The molecule has 3 heteroatoms. The highest BCUT2D eigenvalue weighted by Crippen LogP contribution is 2.32. The second-order valence-electron chi connectivity index (χ2n) is 3.97. The van der Waals surface area contributed by atoms with E-state index in [1.807, 2.05) is 40.7 Å². The third-order valence-corrected chi connectivity index (χ3v) is 2.42. The molecule has 0 aromatic heterocycles. The minimum atomic E-state index is -4.24. The van der Waals surface area contributed by atoms with E-state index in [1.54, 1.807) is 0 Å². The highest BCUT2D eigenvalue weighted by Gasteiger charge is 2.31. The average molecular weight is 246 g/mol. The van der Waals surface area contributed by atoms with Crippen molar-refractivity contribution < 1.29 is 13.2 Å². The standard InChI is InChI=1S/C12H15F3.C2H6/c1-4-9-5-10(8(2)3)7-11(6-9)12(13,14)15;1-2/h5-8H,4H2,1-3H3;1-2H3. The molecule has 1 aromatic rings. The van der Waals surface area contributed by atoms with Gasteiger partial charge in [-0.25, -0.2) is 0 Å². The first-order chi connectivity index (χ1) is 7.84. The summed E-state index contributed by atoms with van der Waals surface area (Å²) in [5, 5.41) is 0. The van der Waals surface area contributed by atoms with Crippen LogP contribution in [-0.4, -0.2) is 0 Å². The van der Waals surface area contributed by atoms with Crippen molar-refractivity contribution in [2.75, 3.05) is 0 Å². The Morgan fingerprint density at radius 3 is 1.94 bits per heavy atom. The maximum Gasteiger partial charge on any atom is 0.416 e. The number of alkyl halides is 3. The molecule has 0 amide bonds. The van der Waals surface area contributed by atoms with Crippen LogP contribution in [0, 0.1) is 0 Å². The van der Waals surface area contributed by atoms with Gasteiger partial charge in [0.25, 0.3) is 0 Å². The molecule has 0 N–H and O–H groups in total. The largest absolute Gasteiger partial charge is 0.416 e. The number of benzene rings is 1. The van der Waals surface area contributed by atoms with Gasteiger partial charge in [-0.2, -0.15) is 13.2 Å². The van der Waals surface area contributed by atoms with Crippen LogP contribution < -0.4 is 0 Å². The Hall–Kier alpha value is -0.990. The minimum absolute atomic E-state index is 0.123. The van der Waals surface area contributed by atoms with Crippen molar-refractivity contribution in [3.8, 4) is 0 Å². The van der Waals surface area contributed by atoms with E-state index >= 15 is 0 Å². The monoisotopic (exact) mass is 246 g/mol. The summed E-state index contributed by atoms with van der Waals surface area (Å²) < 4.78 is 37.6. The van der Waals surface area contributed by atoms with Crippen LogP contribution >= 0.6 is 0 Å². The lowest BCUT2D eigenvalue weighted by atomic mass is 9.96. The molecule has 0 spiro atoms. The van der Waals surface area contributed by atoms with Gasteiger partial charge in [-0.15, -0.1) is 0 Å². The minimum Gasteiger partial charge on any atom is -0.166 e. The van der Waals surface area contributed by atoms with E-state index in [1.165, 1.54) is 12.1 Å². The van der Waals surface area contributed by atoms with Gasteiger partial charge in [0.05, 0.1) is 5.56 Å². The molecule has 0 atom stereocenters. The molecule has 0 radical (unpaired) electrons. The lowest BCUT2D eigenvalue weighted by Crippen LogP contribution is -2.07. The fraction of sp³-hybridized carbons (Fsp3) is 0.571. The smallest absolute Gasteiger partial charge is 0.166 e. The zero-order chi connectivity index (χ0) is 13.6. The summed E-state index contributed by atoms with van der Waals surface area (Å²) in [6, 6.07) is 4.32. The van der Waals surface area contributed by atoms with E-state index in [-0.39, 0.29) is 5.92 Å². The third-order valence-electron chi connectivity index (χ3n) is 2.42. The van der Waals surface area contributed by atoms with Gasteiger partial charge >= 0.3 is 6.18 Å². The molecule has 0 aliphatic rings. The molecule has 0 heterocycles. The zero-order valence-electron chi connectivity index (χ0n) is 11.2. The number of aryl methyl sites for hydroxylation is 1. The number of halogens is 3. The molecule has 17 heavy (non-hydrogen) atoms. The molecule has 0 saturated carbocycles. The quantitative estimate of drug-likeness (QED) is 0.653. The summed E-state index contributed by atoms with van der Waals surface area (Å²) in [7, 11) is 0. The van der Waals surface area contributed by atoms with Gasteiger partial charge in [-0.1, -0.05) is 40.7 Å². The molecule has 0 fully saturated rings. The summed E-state index contributed by atoms with van der Waals surface area (Å²) in [6.07, 6.45) is -3.61. The normalized spacial score (nSPS) is 11.1. The first kappa shape index (κ1) is 16.0. The molecule has 98 valence electrons. The molecule has 1 rings (SSSR count). The first-order valence-corrected chi connectivity index (χ1v) is 6.05. The van der Waals surface area contributed by atoms with Gasteiger partial charge in [0.15, 0.2) is 0 Å². The van der Waals surface area contributed by atoms with Gasteiger partial charge in [-0.3, -0.25) is 0 Å². The Kier molecular flexibility index (Phi) is 6.29. The van der Waals surface area contributed by atoms with E-state index in [4.69, 9.17) is 0 Å². The molecule has 0 aliphatic heterocycles. The predicted octanol–water partition coefficient (Wildman–Crippen LogP) is 5.42. The maximum atomic E-state index is 12.5.